The molecule has 0 saturated heterocycles. The topological polar surface area (TPSA) is 52.6 Å². The van der Waals surface area contributed by atoms with E-state index in [0.29, 0.717) is 33.2 Å². The molecule has 4 nitrogen and oxygen atoms in total. The van der Waals surface area contributed by atoms with E-state index in [2.05, 4.69) is 0 Å². The van der Waals surface area contributed by atoms with Crippen LogP contribution in [0.25, 0.3) is 6.08 Å². The molecule has 29 heavy (non-hydrogen) atoms. The van der Waals surface area contributed by atoms with Gasteiger partial charge in [-0.05, 0) is 61.4 Å². The number of benzene rings is 3. The molecule has 0 saturated carbocycles. The molecule has 0 bridgehead atoms. The second kappa shape index (κ2) is 7.57. The molecule has 4 rings (SSSR count). The lowest BCUT2D eigenvalue weighted by molar-refractivity contribution is 0.0732. The number of hydrogen-bond acceptors (Lipinski definition) is 4. The van der Waals surface area contributed by atoms with Crippen LogP contribution in [-0.4, -0.2) is 11.8 Å². The molecule has 1 heterocycles. The maximum atomic E-state index is 12.7. The number of rotatable bonds is 3. The van der Waals surface area contributed by atoms with Gasteiger partial charge in [0.05, 0.1) is 11.1 Å². The summed E-state index contributed by atoms with van der Waals surface area (Å²) in [6, 6.07) is 17.5. The number of ketones is 1. The SMILES string of the molecule is Cc1ccccc1C(=O)Oc1ccc2c(c1C)O/C(=C\c1ccc(Cl)cc1)C2=O. The van der Waals surface area contributed by atoms with E-state index in [1.165, 1.54) is 0 Å². The Bertz CT molecular complexity index is 1160. The number of carbonyl (C=O) groups excluding carboxylic acids is 2. The fraction of sp³-hybridized carbons (Fsp3) is 0.0833. The van der Waals surface area contributed by atoms with Crippen molar-refractivity contribution in [3.63, 3.8) is 0 Å². The Kier molecular flexibility index (Phi) is 4.95. The Hall–Kier alpha value is -3.37. The number of Topliss-reactive ketones (excluding diaryl/α,β-unsaturated/α-hetero) is 1. The quantitative estimate of drug-likeness (QED) is 0.315. The smallest absolute Gasteiger partial charge is 0.343 e. The predicted molar refractivity (Wildman–Crippen MR) is 112 cm³/mol. The zero-order valence-electron chi connectivity index (χ0n) is 15.9. The highest BCUT2D eigenvalue weighted by molar-refractivity contribution is 6.30. The van der Waals surface area contributed by atoms with Crippen LogP contribution in [0, 0.1) is 13.8 Å². The van der Waals surface area contributed by atoms with Crippen molar-refractivity contribution in [2.75, 3.05) is 0 Å². The number of esters is 1. The summed E-state index contributed by atoms with van der Waals surface area (Å²) in [5, 5.41) is 0.616. The number of aryl methyl sites for hydroxylation is 1. The Balaban J connectivity index is 1.62. The van der Waals surface area contributed by atoms with Crippen LogP contribution in [-0.2, 0) is 0 Å². The van der Waals surface area contributed by atoms with Gasteiger partial charge < -0.3 is 9.47 Å². The van der Waals surface area contributed by atoms with Crippen LogP contribution in [0.3, 0.4) is 0 Å². The first-order valence-electron chi connectivity index (χ1n) is 9.05. The van der Waals surface area contributed by atoms with E-state index in [4.69, 9.17) is 21.1 Å². The van der Waals surface area contributed by atoms with Gasteiger partial charge in [-0.1, -0.05) is 41.9 Å². The number of hydrogen-bond donors (Lipinski definition) is 0. The first-order valence-corrected chi connectivity index (χ1v) is 9.43. The lowest BCUT2D eigenvalue weighted by Gasteiger charge is -2.11. The van der Waals surface area contributed by atoms with Crippen LogP contribution in [0.5, 0.6) is 11.5 Å². The van der Waals surface area contributed by atoms with Gasteiger partial charge >= 0.3 is 5.97 Å². The van der Waals surface area contributed by atoms with Crippen LogP contribution in [0.1, 0.15) is 37.4 Å². The van der Waals surface area contributed by atoms with E-state index < -0.39 is 5.97 Å². The third-order valence-corrected chi connectivity index (χ3v) is 5.02. The zero-order valence-corrected chi connectivity index (χ0v) is 16.6. The molecule has 3 aromatic rings. The fourth-order valence-corrected chi connectivity index (χ4v) is 3.27. The number of halogens is 1. The van der Waals surface area contributed by atoms with Gasteiger partial charge in [-0.25, -0.2) is 4.79 Å². The van der Waals surface area contributed by atoms with E-state index in [9.17, 15) is 9.59 Å². The predicted octanol–water partition coefficient (Wildman–Crippen LogP) is 5.79. The molecule has 0 unspecified atom stereocenters. The summed E-state index contributed by atoms with van der Waals surface area (Å²) in [5.74, 6) is 0.317. The van der Waals surface area contributed by atoms with Crippen LogP contribution >= 0.6 is 11.6 Å². The standard InChI is InChI=1S/C24H17ClO4/c1-14-5-3-4-6-18(14)24(27)29-20-12-11-19-22(26)21(28-23(19)15(20)2)13-16-7-9-17(25)10-8-16/h3-13H,1-2H3/b21-13-. The average molecular weight is 405 g/mol. The monoisotopic (exact) mass is 404 g/mol. The number of ether oxygens (including phenoxy) is 2. The summed E-state index contributed by atoms with van der Waals surface area (Å²) in [7, 11) is 0. The molecule has 0 fully saturated rings. The maximum absolute atomic E-state index is 12.7. The van der Waals surface area contributed by atoms with Crippen molar-refractivity contribution in [1.82, 2.24) is 0 Å². The first-order chi connectivity index (χ1) is 13.9. The van der Waals surface area contributed by atoms with Crippen LogP contribution in [0.4, 0.5) is 0 Å². The van der Waals surface area contributed by atoms with Gasteiger partial charge in [0.2, 0.25) is 5.78 Å². The summed E-state index contributed by atoms with van der Waals surface area (Å²) in [4.78, 5) is 25.2. The normalized spacial score (nSPS) is 13.9. The van der Waals surface area contributed by atoms with Gasteiger partial charge in [0, 0.05) is 10.6 Å². The van der Waals surface area contributed by atoms with Gasteiger partial charge in [-0.2, -0.15) is 0 Å². The highest BCUT2D eigenvalue weighted by Crippen LogP contribution is 2.39. The molecular formula is C24H17ClO4. The highest BCUT2D eigenvalue weighted by atomic mass is 35.5. The van der Waals surface area contributed by atoms with Crippen molar-refractivity contribution in [3.05, 3.63) is 99.3 Å². The molecule has 5 heteroatoms. The molecule has 1 aliphatic heterocycles. The Morgan fingerprint density at radius 1 is 1.00 bits per heavy atom. The van der Waals surface area contributed by atoms with E-state index in [-0.39, 0.29) is 11.5 Å². The van der Waals surface area contributed by atoms with Gasteiger partial charge in [-0.3, -0.25) is 4.79 Å². The second-order valence-electron chi connectivity index (χ2n) is 6.76. The van der Waals surface area contributed by atoms with Crippen molar-refractivity contribution < 1.29 is 19.1 Å². The van der Waals surface area contributed by atoms with Crippen molar-refractivity contribution >= 4 is 29.4 Å². The van der Waals surface area contributed by atoms with Crippen molar-refractivity contribution in [2.24, 2.45) is 0 Å². The Morgan fingerprint density at radius 3 is 2.45 bits per heavy atom. The van der Waals surface area contributed by atoms with Crippen molar-refractivity contribution in [3.8, 4) is 11.5 Å². The fourth-order valence-electron chi connectivity index (χ4n) is 3.15. The first kappa shape index (κ1) is 19.0. The molecule has 0 radical (unpaired) electrons. The second-order valence-corrected chi connectivity index (χ2v) is 7.20. The lowest BCUT2D eigenvalue weighted by atomic mass is 10.1. The maximum Gasteiger partial charge on any atom is 0.343 e. The average Bonchev–Trinajstić information content (AvgIpc) is 3.02. The van der Waals surface area contributed by atoms with Gasteiger partial charge in [-0.15, -0.1) is 0 Å². The molecule has 0 N–H and O–H groups in total. The number of allylic oxidation sites excluding steroid dienone is 1. The van der Waals surface area contributed by atoms with E-state index >= 15 is 0 Å². The third-order valence-electron chi connectivity index (χ3n) is 4.77. The molecule has 0 amide bonds. The summed E-state index contributed by atoms with van der Waals surface area (Å²) in [6.07, 6.45) is 1.66. The molecule has 0 atom stereocenters. The molecule has 0 aromatic heterocycles. The van der Waals surface area contributed by atoms with Crippen molar-refractivity contribution in [2.45, 2.75) is 13.8 Å². The molecule has 0 aliphatic carbocycles. The molecule has 3 aromatic carbocycles. The minimum atomic E-state index is -0.451. The Labute approximate surface area is 173 Å². The van der Waals surface area contributed by atoms with Gasteiger partial charge in [0.1, 0.15) is 11.5 Å². The Morgan fingerprint density at radius 2 is 1.72 bits per heavy atom. The summed E-state index contributed by atoms with van der Waals surface area (Å²) < 4.78 is 11.4. The van der Waals surface area contributed by atoms with E-state index in [0.717, 1.165) is 11.1 Å². The van der Waals surface area contributed by atoms with Gasteiger partial charge in [0.15, 0.2) is 5.76 Å². The highest BCUT2D eigenvalue weighted by Gasteiger charge is 2.30. The molecule has 144 valence electrons. The molecule has 0 spiro atoms. The summed E-state index contributed by atoms with van der Waals surface area (Å²) in [5.41, 5.74) is 3.16. The number of fused-ring (bicyclic) bond motifs is 1. The minimum Gasteiger partial charge on any atom is -0.452 e. The minimum absolute atomic E-state index is 0.213. The molecule has 1 aliphatic rings. The van der Waals surface area contributed by atoms with Gasteiger partial charge in [0.25, 0.3) is 0 Å². The van der Waals surface area contributed by atoms with E-state index in [1.807, 2.05) is 19.1 Å². The van der Waals surface area contributed by atoms with Crippen molar-refractivity contribution in [1.29, 1.82) is 0 Å². The largest absolute Gasteiger partial charge is 0.452 e. The molecular weight excluding hydrogens is 388 g/mol. The summed E-state index contributed by atoms with van der Waals surface area (Å²) >= 11 is 5.90. The lowest BCUT2D eigenvalue weighted by Crippen LogP contribution is -2.11. The zero-order chi connectivity index (χ0) is 20.5. The van der Waals surface area contributed by atoms with Crippen LogP contribution in [0.2, 0.25) is 5.02 Å². The summed E-state index contributed by atoms with van der Waals surface area (Å²) in [6.45, 7) is 3.61. The van der Waals surface area contributed by atoms with Crippen LogP contribution < -0.4 is 9.47 Å². The van der Waals surface area contributed by atoms with E-state index in [1.54, 1.807) is 61.5 Å². The third kappa shape index (κ3) is 3.67. The van der Waals surface area contributed by atoms with Crippen LogP contribution in [0.15, 0.2) is 66.4 Å². The number of carbonyl (C=O) groups is 2.